The van der Waals surface area contributed by atoms with Crippen LogP contribution in [0.4, 0.5) is 4.39 Å². The number of methoxy groups -OCH3 is 1. The van der Waals surface area contributed by atoms with Crippen LogP contribution in [0.25, 0.3) is 0 Å². The number of halogens is 1. The topological polar surface area (TPSA) is 62.1 Å². The second kappa shape index (κ2) is 7.54. The summed E-state index contributed by atoms with van der Waals surface area (Å²) < 4.78 is 25.9. The highest BCUT2D eigenvalue weighted by atomic mass is 19.1. The van der Waals surface area contributed by atoms with Crippen LogP contribution in [0.15, 0.2) is 49.1 Å². The molecule has 0 saturated heterocycles. The molecule has 24 heavy (non-hydrogen) atoms. The Hall–Kier alpha value is -2.96. The summed E-state index contributed by atoms with van der Waals surface area (Å²) >= 11 is 0. The van der Waals surface area contributed by atoms with E-state index >= 15 is 0 Å². The van der Waals surface area contributed by atoms with E-state index in [0.717, 1.165) is 24.9 Å². The third-order valence-electron chi connectivity index (χ3n) is 3.45. The molecule has 0 unspecified atom stereocenters. The zero-order valence-corrected chi connectivity index (χ0v) is 13.2. The number of pyridine rings is 1. The number of nitrogens with zero attached hydrogens (tertiary/aromatic N) is 4. The van der Waals surface area contributed by atoms with Crippen LogP contribution >= 0.6 is 0 Å². The molecule has 0 aliphatic rings. The summed E-state index contributed by atoms with van der Waals surface area (Å²) in [6, 6.07) is 10.1. The number of hydrogen-bond donors (Lipinski definition) is 0. The van der Waals surface area contributed by atoms with E-state index in [0.29, 0.717) is 11.5 Å². The van der Waals surface area contributed by atoms with Gasteiger partial charge in [0.2, 0.25) is 11.8 Å². The van der Waals surface area contributed by atoms with Crippen molar-refractivity contribution in [3.05, 3.63) is 60.6 Å². The normalized spacial score (nSPS) is 10.6. The maximum absolute atomic E-state index is 13.1. The first-order valence-corrected chi connectivity index (χ1v) is 7.54. The van der Waals surface area contributed by atoms with Gasteiger partial charge in [-0.25, -0.2) is 4.98 Å². The lowest BCUT2D eigenvalue weighted by molar-refractivity contribution is 0.370. The Morgan fingerprint density at radius 2 is 2.08 bits per heavy atom. The van der Waals surface area contributed by atoms with Crippen molar-refractivity contribution < 1.29 is 13.9 Å². The first-order chi connectivity index (χ1) is 11.7. The van der Waals surface area contributed by atoms with Gasteiger partial charge in [-0.15, -0.1) is 0 Å². The molecule has 0 spiro atoms. The smallest absolute Gasteiger partial charge is 0.222 e. The largest absolute Gasteiger partial charge is 0.493 e. The summed E-state index contributed by atoms with van der Waals surface area (Å²) in [6.45, 7) is 0.799. The Morgan fingerprint density at radius 1 is 1.17 bits per heavy atom. The lowest BCUT2D eigenvalue weighted by atomic mass is 10.1. The molecular weight excluding hydrogens is 311 g/mol. The predicted octanol–water partition coefficient (Wildman–Crippen LogP) is 3.25. The first-order valence-electron chi connectivity index (χ1n) is 7.54. The third-order valence-corrected chi connectivity index (χ3v) is 3.45. The number of benzene rings is 1. The Labute approximate surface area is 138 Å². The molecule has 6 nitrogen and oxygen atoms in total. The summed E-state index contributed by atoms with van der Waals surface area (Å²) in [7, 11) is 1.57. The van der Waals surface area contributed by atoms with Crippen molar-refractivity contribution in [2.75, 3.05) is 7.11 Å². The molecule has 3 aromatic rings. The van der Waals surface area contributed by atoms with E-state index in [1.807, 2.05) is 12.1 Å². The maximum atomic E-state index is 13.1. The van der Waals surface area contributed by atoms with Gasteiger partial charge in [-0.3, -0.25) is 4.68 Å². The molecule has 124 valence electrons. The van der Waals surface area contributed by atoms with Gasteiger partial charge < -0.3 is 9.47 Å². The van der Waals surface area contributed by atoms with E-state index in [1.54, 1.807) is 36.3 Å². The lowest BCUT2D eigenvalue weighted by Crippen LogP contribution is -2.00. The third kappa shape index (κ3) is 4.07. The van der Waals surface area contributed by atoms with Gasteiger partial charge in [0.1, 0.15) is 12.7 Å². The molecule has 2 aromatic heterocycles. The quantitative estimate of drug-likeness (QED) is 0.623. The highest BCUT2D eigenvalue weighted by molar-refractivity contribution is 5.44. The summed E-state index contributed by atoms with van der Waals surface area (Å²) in [5.74, 6) is 0.679. The highest BCUT2D eigenvalue weighted by Gasteiger charge is 2.08. The van der Waals surface area contributed by atoms with Crippen LogP contribution < -0.4 is 9.47 Å². The van der Waals surface area contributed by atoms with Crippen molar-refractivity contribution in [3.8, 4) is 17.4 Å². The fourth-order valence-electron chi connectivity index (χ4n) is 2.30. The highest BCUT2D eigenvalue weighted by Crippen LogP contribution is 2.32. The van der Waals surface area contributed by atoms with Gasteiger partial charge in [-0.05, 0) is 36.6 Å². The van der Waals surface area contributed by atoms with Crippen LogP contribution in [0.3, 0.4) is 0 Å². The molecule has 0 N–H and O–H groups in total. The minimum absolute atomic E-state index is 0.187. The summed E-state index contributed by atoms with van der Waals surface area (Å²) in [5.41, 5.74) is 1.12. The lowest BCUT2D eigenvalue weighted by Gasteiger charge is -2.11. The summed E-state index contributed by atoms with van der Waals surface area (Å²) in [6.07, 6.45) is 5.02. The van der Waals surface area contributed by atoms with E-state index < -0.39 is 5.95 Å². The van der Waals surface area contributed by atoms with Crippen molar-refractivity contribution in [2.24, 2.45) is 0 Å². The summed E-state index contributed by atoms with van der Waals surface area (Å²) in [5, 5.41) is 4.07. The maximum Gasteiger partial charge on any atom is 0.222 e. The predicted molar refractivity (Wildman–Crippen MR) is 85.6 cm³/mol. The van der Waals surface area contributed by atoms with Gasteiger partial charge in [0, 0.05) is 12.6 Å². The van der Waals surface area contributed by atoms with E-state index in [-0.39, 0.29) is 5.88 Å². The van der Waals surface area contributed by atoms with Crippen LogP contribution in [0.5, 0.6) is 17.4 Å². The van der Waals surface area contributed by atoms with Gasteiger partial charge in [-0.1, -0.05) is 12.1 Å². The molecule has 2 heterocycles. The van der Waals surface area contributed by atoms with Crippen molar-refractivity contribution >= 4 is 0 Å². The Balaban J connectivity index is 1.66. The molecule has 7 heteroatoms. The molecule has 0 radical (unpaired) electrons. The van der Waals surface area contributed by atoms with E-state index in [2.05, 4.69) is 15.1 Å². The van der Waals surface area contributed by atoms with Crippen LogP contribution in [0, 0.1) is 5.95 Å². The number of hydrogen-bond acceptors (Lipinski definition) is 5. The molecule has 0 amide bonds. The number of ether oxygens (including phenoxy) is 2. The van der Waals surface area contributed by atoms with E-state index in [1.165, 1.54) is 12.4 Å². The molecule has 0 saturated carbocycles. The second-order valence-corrected chi connectivity index (χ2v) is 5.15. The number of aromatic nitrogens is 4. The molecule has 0 bridgehead atoms. The fourth-order valence-corrected chi connectivity index (χ4v) is 2.30. The minimum atomic E-state index is -0.587. The standard InChI is InChI=1S/C17H17FN4O2/c1-23-15-10-13(4-3-9-22-12-19-11-20-22)7-8-14(15)24-17-6-2-5-16(18)21-17/h2,5-8,10-12H,3-4,9H2,1H3. The van der Waals surface area contributed by atoms with Crippen LogP contribution in [-0.4, -0.2) is 26.9 Å². The number of rotatable bonds is 7. The average molecular weight is 328 g/mol. The molecule has 1 aromatic carbocycles. The Morgan fingerprint density at radius 3 is 2.83 bits per heavy atom. The minimum Gasteiger partial charge on any atom is -0.493 e. The van der Waals surface area contributed by atoms with Crippen molar-refractivity contribution in [2.45, 2.75) is 19.4 Å². The Bertz CT molecular complexity index is 793. The van der Waals surface area contributed by atoms with Crippen LogP contribution in [0.1, 0.15) is 12.0 Å². The van der Waals surface area contributed by atoms with Gasteiger partial charge in [0.15, 0.2) is 11.5 Å². The van der Waals surface area contributed by atoms with Gasteiger partial charge in [-0.2, -0.15) is 14.5 Å². The Kier molecular flexibility index (Phi) is 5.00. The van der Waals surface area contributed by atoms with Gasteiger partial charge in [0.05, 0.1) is 7.11 Å². The van der Waals surface area contributed by atoms with Crippen LogP contribution in [0.2, 0.25) is 0 Å². The monoisotopic (exact) mass is 328 g/mol. The number of aryl methyl sites for hydroxylation is 2. The average Bonchev–Trinajstić information content (AvgIpc) is 3.09. The van der Waals surface area contributed by atoms with E-state index in [9.17, 15) is 4.39 Å². The van der Waals surface area contributed by atoms with Gasteiger partial charge in [0.25, 0.3) is 0 Å². The fraction of sp³-hybridized carbons (Fsp3) is 0.235. The molecule has 0 aliphatic heterocycles. The van der Waals surface area contributed by atoms with E-state index in [4.69, 9.17) is 9.47 Å². The molecule has 0 fully saturated rings. The zero-order valence-electron chi connectivity index (χ0n) is 13.2. The van der Waals surface area contributed by atoms with Crippen molar-refractivity contribution in [1.29, 1.82) is 0 Å². The molecular formula is C17H17FN4O2. The second-order valence-electron chi connectivity index (χ2n) is 5.15. The SMILES string of the molecule is COc1cc(CCCn2cncn2)ccc1Oc1cccc(F)n1. The van der Waals surface area contributed by atoms with Gasteiger partial charge >= 0.3 is 0 Å². The first kappa shape index (κ1) is 15.9. The van der Waals surface area contributed by atoms with Crippen molar-refractivity contribution in [3.63, 3.8) is 0 Å². The van der Waals surface area contributed by atoms with Crippen LogP contribution in [-0.2, 0) is 13.0 Å². The summed E-state index contributed by atoms with van der Waals surface area (Å²) in [4.78, 5) is 7.60. The molecule has 0 aliphatic carbocycles. The molecule has 0 atom stereocenters. The molecule has 3 rings (SSSR count). The zero-order chi connectivity index (χ0) is 16.8. The van der Waals surface area contributed by atoms with Crippen molar-refractivity contribution in [1.82, 2.24) is 19.7 Å².